The van der Waals surface area contributed by atoms with E-state index in [1.165, 1.54) is 18.2 Å². The molecule has 0 bridgehead atoms. The predicted molar refractivity (Wildman–Crippen MR) is 110 cm³/mol. The van der Waals surface area contributed by atoms with E-state index in [0.717, 1.165) is 39.0 Å². The first kappa shape index (κ1) is 19.7. The van der Waals surface area contributed by atoms with Gasteiger partial charge in [0.15, 0.2) is 0 Å². The number of anilines is 1. The van der Waals surface area contributed by atoms with Crippen molar-refractivity contribution in [1.82, 2.24) is 0 Å². The van der Waals surface area contributed by atoms with Gasteiger partial charge in [-0.2, -0.15) is 0 Å². The van der Waals surface area contributed by atoms with Crippen LogP contribution in [0, 0.1) is 26.6 Å². The Hall–Kier alpha value is -3.08. The van der Waals surface area contributed by atoms with Gasteiger partial charge < -0.3 is 14.5 Å². The third kappa shape index (κ3) is 3.79. The molecule has 1 heterocycles. The average Bonchev–Trinajstić information content (AvgIpc) is 2.92. The van der Waals surface area contributed by atoms with Crippen molar-refractivity contribution in [3.05, 3.63) is 64.7 Å². The van der Waals surface area contributed by atoms with E-state index in [2.05, 4.69) is 5.32 Å². The van der Waals surface area contributed by atoms with Gasteiger partial charge in [0.2, 0.25) is 5.91 Å². The molecule has 0 saturated heterocycles. The number of allylic oxidation sites excluding steroid dienone is 1. The summed E-state index contributed by atoms with van der Waals surface area (Å²) in [7, 11) is 0. The minimum atomic E-state index is -0.399. The molecular formula is C23H24FNO3. The van der Waals surface area contributed by atoms with Crippen molar-refractivity contribution < 1.29 is 18.3 Å². The fourth-order valence-corrected chi connectivity index (χ4v) is 3.25. The fourth-order valence-electron chi connectivity index (χ4n) is 3.25. The van der Waals surface area contributed by atoms with Gasteiger partial charge in [-0.05, 0) is 70.0 Å². The summed E-state index contributed by atoms with van der Waals surface area (Å²) in [5.74, 6) is 0.839. The molecule has 0 fully saturated rings. The van der Waals surface area contributed by atoms with E-state index in [1.807, 2.05) is 40.7 Å². The van der Waals surface area contributed by atoms with Crippen LogP contribution in [0.15, 0.2) is 40.8 Å². The quantitative estimate of drug-likeness (QED) is 0.557. The lowest BCUT2D eigenvalue weighted by molar-refractivity contribution is -0.111. The zero-order valence-electron chi connectivity index (χ0n) is 16.8. The summed E-state index contributed by atoms with van der Waals surface area (Å²) in [4.78, 5) is 12.4. The summed E-state index contributed by atoms with van der Waals surface area (Å²) < 4.78 is 25.1. The van der Waals surface area contributed by atoms with E-state index in [1.54, 1.807) is 12.1 Å². The number of ether oxygens (including phenoxy) is 1. The van der Waals surface area contributed by atoms with E-state index < -0.39 is 5.82 Å². The Morgan fingerprint density at radius 2 is 1.96 bits per heavy atom. The Balaban J connectivity index is 2.02. The maximum absolute atomic E-state index is 13.3. The zero-order chi connectivity index (χ0) is 20.4. The highest BCUT2D eigenvalue weighted by atomic mass is 19.1. The van der Waals surface area contributed by atoms with Crippen molar-refractivity contribution in [2.75, 3.05) is 11.9 Å². The number of hydrogen-bond acceptors (Lipinski definition) is 3. The third-order valence-corrected chi connectivity index (χ3v) is 4.80. The van der Waals surface area contributed by atoms with Crippen LogP contribution in [0.1, 0.15) is 36.3 Å². The molecule has 0 atom stereocenters. The first-order chi connectivity index (χ1) is 13.3. The number of carbonyl (C=O) groups excluding carboxylic acids is 1. The molecule has 0 aliphatic heterocycles. The maximum Gasteiger partial charge on any atom is 0.248 e. The van der Waals surface area contributed by atoms with Crippen LogP contribution in [-0.4, -0.2) is 12.5 Å². The van der Waals surface area contributed by atoms with Gasteiger partial charge in [0.25, 0.3) is 0 Å². The second-order valence-corrected chi connectivity index (χ2v) is 6.80. The van der Waals surface area contributed by atoms with Crippen molar-refractivity contribution in [3.63, 3.8) is 0 Å². The molecule has 1 N–H and O–H groups in total. The second kappa shape index (κ2) is 7.89. The highest BCUT2D eigenvalue weighted by Gasteiger charge is 2.18. The van der Waals surface area contributed by atoms with Crippen molar-refractivity contribution >= 4 is 28.1 Å². The number of halogens is 1. The summed E-state index contributed by atoms with van der Waals surface area (Å²) in [6.45, 7) is 10.2. The molecule has 1 aromatic heterocycles. The van der Waals surface area contributed by atoms with Crippen LogP contribution in [0.25, 0.3) is 16.5 Å². The Morgan fingerprint density at radius 3 is 2.64 bits per heavy atom. The summed E-state index contributed by atoms with van der Waals surface area (Å²) in [5.41, 5.74) is 4.78. The van der Waals surface area contributed by atoms with Crippen LogP contribution >= 0.6 is 0 Å². The van der Waals surface area contributed by atoms with Crippen molar-refractivity contribution in [1.29, 1.82) is 0 Å². The molecule has 4 nitrogen and oxygen atoms in total. The highest BCUT2D eigenvalue weighted by Crippen LogP contribution is 2.38. The SMILES string of the molecule is CCOc1c(/C(C)=C/C(=O)Nc2cccc(F)c2)cc2c(C)c(C)oc2c1C. The van der Waals surface area contributed by atoms with Crippen LogP contribution in [-0.2, 0) is 4.79 Å². The molecule has 2 aromatic carbocycles. The fraction of sp³-hybridized carbons (Fsp3) is 0.261. The first-order valence-electron chi connectivity index (χ1n) is 9.23. The number of hydrogen-bond donors (Lipinski definition) is 1. The molecule has 3 rings (SSSR count). The number of amides is 1. The van der Waals surface area contributed by atoms with Gasteiger partial charge in [0.05, 0.1) is 6.61 Å². The zero-order valence-corrected chi connectivity index (χ0v) is 16.8. The number of rotatable bonds is 5. The third-order valence-electron chi connectivity index (χ3n) is 4.80. The Kier molecular flexibility index (Phi) is 5.54. The minimum absolute atomic E-state index is 0.330. The summed E-state index contributed by atoms with van der Waals surface area (Å²) in [6.07, 6.45) is 1.50. The van der Waals surface area contributed by atoms with Gasteiger partial charge in [-0.1, -0.05) is 6.07 Å². The summed E-state index contributed by atoms with van der Waals surface area (Å²) >= 11 is 0. The summed E-state index contributed by atoms with van der Waals surface area (Å²) in [6, 6.07) is 7.80. The molecule has 146 valence electrons. The van der Waals surface area contributed by atoms with Crippen LogP contribution in [0.4, 0.5) is 10.1 Å². The number of furan rings is 1. The van der Waals surface area contributed by atoms with Crippen molar-refractivity contribution in [2.45, 2.75) is 34.6 Å². The van der Waals surface area contributed by atoms with Crippen molar-refractivity contribution in [3.8, 4) is 5.75 Å². The highest BCUT2D eigenvalue weighted by molar-refractivity contribution is 6.05. The first-order valence-corrected chi connectivity index (χ1v) is 9.23. The molecule has 0 saturated carbocycles. The lowest BCUT2D eigenvalue weighted by Gasteiger charge is -2.14. The Morgan fingerprint density at radius 1 is 1.21 bits per heavy atom. The van der Waals surface area contributed by atoms with Gasteiger partial charge in [-0.3, -0.25) is 4.79 Å². The molecule has 28 heavy (non-hydrogen) atoms. The standard InChI is InChI=1S/C23H24FNO3/c1-6-27-22-15(4)23-20(14(3)16(5)28-23)12-19(22)13(2)10-21(26)25-18-9-7-8-17(24)11-18/h7-12H,6H2,1-5H3,(H,25,26)/b13-10+. The molecule has 0 radical (unpaired) electrons. The Labute approximate surface area is 164 Å². The lowest BCUT2D eigenvalue weighted by atomic mass is 9.98. The molecule has 3 aromatic rings. The number of aryl methyl sites for hydroxylation is 3. The normalized spacial score (nSPS) is 11.7. The van der Waals surface area contributed by atoms with E-state index in [4.69, 9.17) is 9.15 Å². The van der Waals surface area contributed by atoms with Gasteiger partial charge >= 0.3 is 0 Å². The Bertz CT molecular complexity index is 1080. The average molecular weight is 381 g/mol. The van der Waals surface area contributed by atoms with Crippen LogP contribution < -0.4 is 10.1 Å². The van der Waals surface area contributed by atoms with Crippen LogP contribution in [0.2, 0.25) is 0 Å². The van der Waals surface area contributed by atoms with Gasteiger partial charge in [-0.25, -0.2) is 4.39 Å². The second-order valence-electron chi connectivity index (χ2n) is 6.80. The maximum atomic E-state index is 13.3. The molecule has 0 aliphatic carbocycles. The lowest BCUT2D eigenvalue weighted by Crippen LogP contribution is -2.09. The van der Waals surface area contributed by atoms with E-state index in [0.29, 0.717) is 18.0 Å². The topological polar surface area (TPSA) is 51.5 Å². The van der Waals surface area contributed by atoms with Gasteiger partial charge in [-0.15, -0.1) is 0 Å². The van der Waals surface area contributed by atoms with Gasteiger partial charge in [0.1, 0.15) is 22.9 Å². The number of nitrogens with one attached hydrogen (secondary N) is 1. The molecule has 0 aliphatic rings. The van der Waals surface area contributed by atoms with E-state index >= 15 is 0 Å². The number of benzene rings is 2. The van der Waals surface area contributed by atoms with E-state index in [-0.39, 0.29) is 5.91 Å². The molecule has 1 amide bonds. The van der Waals surface area contributed by atoms with Gasteiger partial charge in [0, 0.05) is 28.3 Å². The molecular weight excluding hydrogens is 357 g/mol. The van der Waals surface area contributed by atoms with Crippen LogP contribution in [0.3, 0.4) is 0 Å². The molecule has 0 unspecified atom stereocenters. The van der Waals surface area contributed by atoms with Crippen molar-refractivity contribution in [2.24, 2.45) is 0 Å². The predicted octanol–water partition coefficient (Wildman–Crippen LogP) is 5.94. The van der Waals surface area contributed by atoms with Crippen LogP contribution in [0.5, 0.6) is 5.75 Å². The number of fused-ring (bicyclic) bond motifs is 1. The smallest absolute Gasteiger partial charge is 0.248 e. The monoisotopic (exact) mass is 381 g/mol. The number of carbonyl (C=O) groups is 1. The molecule has 0 spiro atoms. The summed E-state index contributed by atoms with van der Waals surface area (Å²) in [5, 5.41) is 3.69. The molecule has 5 heteroatoms. The minimum Gasteiger partial charge on any atom is -0.493 e. The van der Waals surface area contributed by atoms with E-state index in [9.17, 15) is 9.18 Å². The largest absolute Gasteiger partial charge is 0.493 e.